The molecule has 3 aliphatic rings. The zero-order valence-corrected chi connectivity index (χ0v) is 32.3. The number of anilines is 5. The molecule has 7 aromatic carbocycles. The Morgan fingerprint density at radius 2 is 0.818 bits per heavy atom. The van der Waals surface area contributed by atoms with Crippen molar-refractivity contribution < 1.29 is 0 Å². The number of thiophene rings is 1. The Balaban J connectivity index is 0.947. The fourth-order valence-electron chi connectivity index (χ4n) is 9.48. The summed E-state index contributed by atoms with van der Waals surface area (Å²) in [6, 6.07) is 58.7. The summed E-state index contributed by atoms with van der Waals surface area (Å²) in [7, 11) is 0. The minimum absolute atomic E-state index is 0.0726. The van der Waals surface area contributed by atoms with Gasteiger partial charge < -0.3 is 9.80 Å². The predicted octanol–water partition coefficient (Wildman–Crippen LogP) is 14.6. The Morgan fingerprint density at radius 3 is 1.29 bits per heavy atom. The molecule has 1 aromatic heterocycles. The van der Waals surface area contributed by atoms with E-state index in [-0.39, 0.29) is 10.8 Å². The molecule has 0 spiro atoms. The van der Waals surface area contributed by atoms with Crippen molar-refractivity contribution in [2.45, 2.75) is 38.5 Å². The van der Waals surface area contributed by atoms with Gasteiger partial charge in [-0.2, -0.15) is 0 Å². The smallest absolute Gasteiger partial charge is 0.0540 e. The fourth-order valence-corrected chi connectivity index (χ4v) is 10.6. The van der Waals surface area contributed by atoms with Gasteiger partial charge in [0.05, 0.1) is 28.4 Å². The molecule has 3 heteroatoms. The van der Waals surface area contributed by atoms with Gasteiger partial charge in [0.1, 0.15) is 0 Å². The first kappa shape index (κ1) is 32.3. The molecule has 3 heterocycles. The van der Waals surface area contributed by atoms with Gasteiger partial charge in [-0.3, -0.25) is 0 Å². The number of rotatable bonds is 4. The van der Waals surface area contributed by atoms with Gasteiger partial charge in [-0.1, -0.05) is 131 Å². The minimum Gasteiger partial charge on any atom is -0.310 e. The zero-order valence-electron chi connectivity index (χ0n) is 31.5. The molecule has 8 aromatic rings. The fraction of sp³-hybridized carbons (Fsp3) is 0.115. The summed E-state index contributed by atoms with van der Waals surface area (Å²) >= 11 is 1.88. The van der Waals surface area contributed by atoms with Crippen LogP contribution in [0, 0.1) is 0 Å². The van der Waals surface area contributed by atoms with Crippen LogP contribution >= 0.6 is 11.3 Å². The maximum atomic E-state index is 2.48. The Morgan fingerprint density at radius 1 is 0.400 bits per heavy atom. The third kappa shape index (κ3) is 4.66. The van der Waals surface area contributed by atoms with E-state index in [9.17, 15) is 0 Å². The van der Waals surface area contributed by atoms with Crippen LogP contribution in [0.2, 0.25) is 0 Å². The molecule has 264 valence electrons. The van der Waals surface area contributed by atoms with Crippen molar-refractivity contribution in [3.8, 4) is 11.1 Å². The van der Waals surface area contributed by atoms with Crippen molar-refractivity contribution in [1.82, 2.24) is 0 Å². The van der Waals surface area contributed by atoms with Crippen LogP contribution in [0.3, 0.4) is 0 Å². The molecule has 0 amide bonds. The third-order valence-electron chi connectivity index (χ3n) is 12.4. The third-order valence-corrected chi connectivity index (χ3v) is 13.6. The first-order valence-corrected chi connectivity index (χ1v) is 20.1. The molecule has 0 saturated heterocycles. The van der Waals surface area contributed by atoms with Crippen LogP contribution in [0.25, 0.3) is 36.9 Å². The van der Waals surface area contributed by atoms with Crippen LogP contribution in [-0.4, -0.2) is 0 Å². The molecule has 1 aliphatic carbocycles. The van der Waals surface area contributed by atoms with E-state index in [1.165, 1.54) is 98.8 Å². The quantitative estimate of drug-likeness (QED) is 0.178. The van der Waals surface area contributed by atoms with Crippen molar-refractivity contribution in [1.29, 1.82) is 0 Å². The second-order valence-electron chi connectivity index (χ2n) is 16.2. The van der Waals surface area contributed by atoms with E-state index in [1.54, 1.807) is 0 Å². The Bertz CT molecular complexity index is 2840. The second-order valence-corrected chi connectivity index (χ2v) is 17.3. The highest BCUT2D eigenvalue weighted by Crippen LogP contribution is 2.54. The summed E-state index contributed by atoms with van der Waals surface area (Å²) < 4.78 is 2.63. The van der Waals surface area contributed by atoms with Gasteiger partial charge in [-0.15, -0.1) is 11.3 Å². The standard InChI is InChI=1S/C52H40N2S/c1-51(2)40-13-5-9-17-45(40)53(46-18-10-6-14-41(46)51)36-25-21-33(22-26-36)34-23-29-49-38(31-34)39-32-35(24-30-50(39)55-49)37-27-28-44(37)54-47-19-11-7-15-42(47)52(3,4)43-16-8-12-20-48(43)54/h5-32H,1-4H3. The lowest BCUT2D eigenvalue weighted by Gasteiger charge is -2.44. The van der Waals surface area contributed by atoms with Crippen molar-refractivity contribution in [3.05, 3.63) is 203 Å². The molecule has 2 aliphatic heterocycles. The summed E-state index contributed by atoms with van der Waals surface area (Å²) in [6.07, 6.45) is 4.56. The molecule has 0 fully saturated rings. The summed E-state index contributed by atoms with van der Waals surface area (Å²) in [5, 5.41) is 2.62. The van der Waals surface area contributed by atoms with Crippen molar-refractivity contribution in [2.75, 3.05) is 9.80 Å². The molecule has 0 atom stereocenters. The first-order chi connectivity index (χ1) is 26.8. The molecular weight excluding hydrogens is 685 g/mol. The number of hydrogen-bond acceptors (Lipinski definition) is 3. The molecular formula is C52H40N2S. The van der Waals surface area contributed by atoms with E-state index >= 15 is 0 Å². The minimum atomic E-state index is -0.0774. The summed E-state index contributed by atoms with van der Waals surface area (Å²) in [6.45, 7) is 9.37. The molecule has 0 saturated carbocycles. The van der Waals surface area contributed by atoms with Gasteiger partial charge in [-0.25, -0.2) is 0 Å². The normalized spacial score (nSPS) is 16.1. The number of para-hydroxylation sites is 4. The lowest BCUT2D eigenvalue weighted by molar-refractivity contribution is 0.630. The Kier molecular flexibility index (Phi) is 6.85. The van der Waals surface area contributed by atoms with Crippen LogP contribution in [0.15, 0.2) is 176 Å². The van der Waals surface area contributed by atoms with E-state index in [1.807, 2.05) is 11.3 Å². The summed E-state index contributed by atoms with van der Waals surface area (Å²) in [4.78, 5) is 4.90. The highest BCUT2D eigenvalue weighted by Gasteiger charge is 2.39. The van der Waals surface area contributed by atoms with Crippen LogP contribution in [0.1, 0.15) is 55.5 Å². The van der Waals surface area contributed by atoms with E-state index in [2.05, 4.69) is 207 Å². The van der Waals surface area contributed by atoms with Crippen LogP contribution in [-0.2, 0) is 10.8 Å². The molecule has 2 nitrogen and oxygen atoms in total. The highest BCUT2D eigenvalue weighted by molar-refractivity contribution is 7.25. The van der Waals surface area contributed by atoms with Gasteiger partial charge >= 0.3 is 0 Å². The molecule has 0 radical (unpaired) electrons. The van der Waals surface area contributed by atoms with Crippen LogP contribution in [0.4, 0.5) is 28.4 Å². The van der Waals surface area contributed by atoms with Gasteiger partial charge in [0.25, 0.3) is 0 Å². The first-order valence-electron chi connectivity index (χ1n) is 19.3. The molecule has 55 heavy (non-hydrogen) atoms. The lowest BCUT2D eigenvalue weighted by atomic mass is 9.73. The van der Waals surface area contributed by atoms with Crippen LogP contribution in [0.5, 0.6) is 0 Å². The van der Waals surface area contributed by atoms with Crippen molar-refractivity contribution in [3.63, 3.8) is 0 Å². The Hall–Kier alpha value is -6.16. The average molecular weight is 725 g/mol. The second kappa shape index (κ2) is 11.7. The van der Waals surface area contributed by atoms with Gasteiger partial charge in [0, 0.05) is 42.3 Å². The largest absolute Gasteiger partial charge is 0.310 e. The number of nitrogens with zero attached hydrogens (tertiary/aromatic N) is 2. The van der Waals surface area contributed by atoms with Crippen molar-refractivity contribution in [2.24, 2.45) is 0 Å². The number of benzene rings is 7. The average Bonchev–Trinajstić information content (AvgIpc) is 3.57. The zero-order chi connectivity index (χ0) is 37.1. The van der Waals surface area contributed by atoms with Crippen molar-refractivity contribution >= 4 is 65.5 Å². The van der Waals surface area contributed by atoms with E-state index in [0.29, 0.717) is 0 Å². The Labute approximate surface area is 326 Å². The SMILES string of the molecule is CC1(C)c2ccccc2N(C2=CC=C2c2ccc3sc4ccc(-c5ccc(N6c7ccccc7C(C)(C)c7ccccc76)cc5)cc4c3c2)c2ccccc21. The number of allylic oxidation sites excluding steroid dienone is 3. The summed E-state index contributed by atoms with van der Waals surface area (Å²) in [5.41, 5.74) is 17.7. The maximum Gasteiger partial charge on any atom is 0.0540 e. The van der Waals surface area contributed by atoms with Gasteiger partial charge in [0.2, 0.25) is 0 Å². The van der Waals surface area contributed by atoms with Gasteiger partial charge in [-0.05, 0) is 106 Å². The van der Waals surface area contributed by atoms with E-state index in [0.717, 1.165) is 0 Å². The van der Waals surface area contributed by atoms with Crippen LogP contribution < -0.4 is 9.80 Å². The topological polar surface area (TPSA) is 6.48 Å². The molecule has 0 bridgehead atoms. The lowest BCUT2D eigenvalue weighted by Crippen LogP contribution is -2.33. The highest BCUT2D eigenvalue weighted by atomic mass is 32.1. The summed E-state index contributed by atoms with van der Waals surface area (Å²) in [5.74, 6) is 0. The predicted molar refractivity (Wildman–Crippen MR) is 235 cm³/mol. The van der Waals surface area contributed by atoms with E-state index in [4.69, 9.17) is 0 Å². The number of hydrogen-bond donors (Lipinski definition) is 0. The van der Waals surface area contributed by atoms with Gasteiger partial charge in [0.15, 0.2) is 0 Å². The maximum absolute atomic E-state index is 2.48. The molecule has 11 rings (SSSR count). The number of fused-ring (bicyclic) bond motifs is 7. The van der Waals surface area contributed by atoms with E-state index < -0.39 is 0 Å². The monoisotopic (exact) mass is 724 g/mol. The molecule has 0 unspecified atom stereocenters. The molecule has 0 N–H and O–H groups in total.